The van der Waals surface area contributed by atoms with Crippen molar-refractivity contribution in [3.8, 4) is 0 Å². The van der Waals surface area contributed by atoms with Gasteiger partial charge < -0.3 is 10.4 Å². The van der Waals surface area contributed by atoms with Gasteiger partial charge in [-0.1, -0.05) is 63.7 Å². The molecule has 2 N–H and O–H groups in total. The molecule has 1 aromatic rings. The SMILES string of the molecule is CCCCC[C@H](O)/C=C/[C@H]1CCC(=O)[C@@H]1CCCCCCC(=O)NCc1ccccn1. The summed E-state index contributed by atoms with van der Waals surface area (Å²) in [6.45, 7) is 2.64. The van der Waals surface area contributed by atoms with Crippen LogP contribution >= 0.6 is 0 Å². The Balaban J connectivity index is 1.57. The third-order valence-electron chi connectivity index (χ3n) is 6.20. The van der Waals surface area contributed by atoms with E-state index >= 15 is 0 Å². The van der Waals surface area contributed by atoms with E-state index in [1.807, 2.05) is 24.3 Å². The number of nitrogens with zero attached hydrogens (tertiary/aromatic N) is 1. The second-order valence-electron chi connectivity index (χ2n) is 8.77. The second kappa shape index (κ2) is 14.9. The number of pyridine rings is 1. The number of carbonyl (C=O) groups excluding carboxylic acids is 2. The molecule has 0 aliphatic heterocycles. The summed E-state index contributed by atoms with van der Waals surface area (Å²) in [5, 5.41) is 13.0. The minimum Gasteiger partial charge on any atom is -0.389 e. The monoisotopic (exact) mass is 428 g/mol. The van der Waals surface area contributed by atoms with Gasteiger partial charge >= 0.3 is 0 Å². The fourth-order valence-electron chi connectivity index (χ4n) is 4.29. The first kappa shape index (κ1) is 25.3. The van der Waals surface area contributed by atoms with Crippen LogP contribution in [0.4, 0.5) is 0 Å². The van der Waals surface area contributed by atoms with Gasteiger partial charge in [0, 0.05) is 25.0 Å². The molecule has 0 saturated heterocycles. The number of unbranched alkanes of at least 4 members (excludes halogenated alkanes) is 5. The number of carbonyl (C=O) groups is 2. The van der Waals surface area contributed by atoms with Gasteiger partial charge in [0.2, 0.25) is 5.91 Å². The molecular formula is C26H40N2O3. The molecule has 0 bridgehead atoms. The van der Waals surface area contributed by atoms with E-state index in [2.05, 4.69) is 23.3 Å². The van der Waals surface area contributed by atoms with E-state index in [1.54, 1.807) is 6.20 Å². The van der Waals surface area contributed by atoms with Gasteiger partial charge in [-0.15, -0.1) is 0 Å². The molecule has 1 saturated carbocycles. The summed E-state index contributed by atoms with van der Waals surface area (Å²) >= 11 is 0. The highest BCUT2D eigenvalue weighted by Crippen LogP contribution is 2.34. The highest BCUT2D eigenvalue weighted by molar-refractivity contribution is 5.83. The maximum atomic E-state index is 12.3. The van der Waals surface area contributed by atoms with Gasteiger partial charge in [-0.2, -0.15) is 0 Å². The summed E-state index contributed by atoms with van der Waals surface area (Å²) < 4.78 is 0. The van der Waals surface area contributed by atoms with Crippen molar-refractivity contribution in [1.82, 2.24) is 10.3 Å². The quantitative estimate of drug-likeness (QED) is 0.300. The molecule has 1 amide bonds. The summed E-state index contributed by atoms with van der Waals surface area (Å²) in [6.07, 6.45) is 16.5. The predicted octanol–water partition coefficient (Wildman–Crippen LogP) is 5.13. The van der Waals surface area contributed by atoms with Crippen molar-refractivity contribution in [2.45, 2.75) is 96.6 Å². The van der Waals surface area contributed by atoms with Crippen LogP contribution in [0.3, 0.4) is 0 Å². The van der Waals surface area contributed by atoms with E-state index < -0.39 is 0 Å². The van der Waals surface area contributed by atoms with Crippen LogP contribution in [0.25, 0.3) is 0 Å². The van der Waals surface area contributed by atoms with Crippen LogP contribution in [0.2, 0.25) is 0 Å². The van der Waals surface area contributed by atoms with Gasteiger partial charge in [-0.3, -0.25) is 14.6 Å². The standard InChI is InChI=1S/C26H40N2O3/c1-2-3-6-12-23(29)17-15-21-16-18-25(30)24(21)13-7-4-5-8-14-26(31)28-20-22-11-9-10-19-27-22/h9-11,15,17,19,21,23-24,29H,2-8,12-14,16,18,20H2,1H3,(H,28,31)/b17-15+/t21-,23-,24+/m0/s1. The number of Topliss-reactive ketones (excluding diaryl/α,β-unsaturated/α-hetero) is 1. The minimum atomic E-state index is -0.383. The lowest BCUT2D eigenvalue weighted by molar-refractivity contribution is -0.122. The lowest BCUT2D eigenvalue weighted by Crippen LogP contribution is -2.22. The molecule has 1 heterocycles. The van der Waals surface area contributed by atoms with Gasteiger partial charge in [0.25, 0.3) is 0 Å². The van der Waals surface area contributed by atoms with Gasteiger partial charge in [0.05, 0.1) is 18.3 Å². The Labute approximate surface area is 187 Å². The van der Waals surface area contributed by atoms with E-state index in [-0.39, 0.29) is 23.8 Å². The lowest BCUT2D eigenvalue weighted by Gasteiger charge is -2.15. The highest BCUT2D eigenvalue weighted by Gasteiger charge is 2.32. The Bertz CT molecular complexity index is 674. The smallest absolute Gasteiger partial charge is 0.220 e. The second-order valence-corrected chi connectivity index (χ2v) is 8.77. The first-order chi connectivity index (χ1) is 15.1. The highest BCUT2D eigenvalue weighted by atomic mass is 16.3. The topological polar surface area (TPSA) is 79.3 Å². The largest absolute Gasteiger partial charge is 0.389 e. The lowest BCUT2D eigenvalue weighted by atomic mass is 9.89. The molecule has 1 aromatic heterocycles. The molecule has 5 heteroatoms. The Morgan fingerprint density at radius 1 is 1.23 bits per heavy atom. The Morgan fingerprint density at radius 2 is 2.06 bits per heavy atom. The number of hydrogen-bond donors (Lipinski definition) is 2. The number of ketones is 1. The van der Waals surface area contributed by atoms with Crippen molar-refractivity contribution in [3.05, 3.63) is 42.2 Å². The zero-order chi connectivity index (χ0) is 22.3. The van der Waals surface area contributed by atoms with Crippen LogP contribution in [0, 0.1) is 11.8 Å². The Hall–Kier alpha value is -2.01. The van der Waals surface area contributed by atoms with Crippen LogP contribution in [0.15, 0.2) is 36.5 Å². The van der Waals surface area contributed by atoms with Crippen molar-refractivity contribution >= 4 is 11.7 Å². The molecule has 0 unspecified atom stereocenters. The number of allylic oxidation sites excluding steroid dienone is 1. The zero-order valence-corrected chi connectivity index (χ0v) is 19.1. The van der Waals surface area contributed by atoms with Crippen LogP contribution < -0.4 is 5.32 Å². The molecule has 0 radical (unpaired) electrons. The first-order valence-corrected chi connectivity index (χ1v) is 12.2. The van der Waals surface area contributed by atoms with E-state index in [9.17, 15) is 14.7 Å². The number of amides is 1. The third kappa shape index (κ3) is 10.2. The normalized spacial score (nSPS) is 19.7. The average molecular weight is 429 g/mol. The third-order valence-corrected chi connectivity index (χ3v) is 6.20. The molecule has 0 aromatic carbocycles. The molecule has 3 atom stereocenters. The molecule has 2 rings (SSSR count). The van der Waals surface area contributed by atoms with Crippen LogP contribution in [-0.4, -0.2) is 27.9 Å². The van der Waals surface area contributed by atoms with Crippen molar-refractivity contribution in [2.75, 3.05) is 0 Å². The van der Waals surface area contributed by atoms with Crippen LogP contribution in [0.5, 0.6) is 0 Å². The molecule has 5 nitrogen and oxygen atoms in total. The van der Waals surface area contributed by atoms with Crippen molar-refractivity contribution in [1.29, 1.82) is 0 Å². The summed E-state index contributed by atoms with van der Waals surface area (Å²) in [7, 11) is 0. The number of hydrogen-bond acceptors (Lipinski definition) is 4. The maximum Gasteiger partial charge on any atom is 0.220 e. The van der Waals surface area contributed by atoms with Crippen molar-refractivity contribution < 1.29 is 14.7 Å². The summed E-state index contributed by atoms with van der Waals surface area (Å²) in [4.78, 5) is 28.4. The summed E-state index contributed by atoms with van der Waals surface area (Å²) in [5.74, 6) is 0.842. The molecule has 31 heavy (non-hydrogen) atoms. The van der Waals surface area contributed by atoms with E-state index in [0.717, 1.165) is 69.9 Å². The van der Waals surface area contributed by atoms with Gasteiger partial charge in [0.15, 0.2) is 0 Å². The Kier molecular flexibility index (Phi) is 12.1. The van der Waals surface area contributed by atoms with Crippen LogP contribution in [0.1, 0.15) is 89.7 Å². The molecule has 1 aliphatic rings. The number of aromatic nitrogens is 1. The summed E-state index contributed by atoms with van der Waals surface area (Å²) in [6, 6.07) is 5.68. The number of aliphatic hydroxyl groups is 1. The minimum absolute atomic E-state index is 0.0688. The number of nitrogens with one attached hydrogen (secondary N) is 1. The van der Waals surface area contributed by atoms with Crippen molar-refractivity contribution in [2.24, 2.45) is 11.8 Å². The average Bonchev–Trinajstić information content (AvgIpc) is 3.13. The first-order valence-electron chi connectivity index (χ1n) is 12.2. The number of aliphatic hydroxyl groups excluding tert-OH is 1. The maximum absolute atomic E-state index is 12.3. The molecule has 0 spiro atoms. The van der Waals surface area contributed by atoms with E-state index in [1.165, 1.54) is 0 Å². The fourth-order valence-corrected chi connectivity index (χ4v) is 4.29. The van der Waals surface area contributed by atoms with E-state index in [4.69, 9.17) is 0 Å². The molecular weight excluding hydrogens is 388 g/mol. The van der Waals surface area contributed by atoms with E-state index in [0.29, 0.717) is 25.2 Å². The zero-order valence-electron chi connectivity index (χ0n) is 19.1. The van der Waals surface area contributed by atoms with Gasteiger partial charge in [0.1, 0.15) is 5.78 Å². The summed E-state index contributed by atoms with van der Waals surface area (Å²) in [5.41, 5.74) is 0.870. The number of rotatable bonds is 15. The van der Waals surface area contributed by atoms with Crippen molar-refractivity contribution in [3.63, 3.8) is 0 Å². The fraction of sp³-hybridized carbons (Fsp3) is 0.654. The molecule has 1 aliphatic carbocycles. The van der Waals surface area contributed by atoms with Crippen LogP contribution in [-0.2, 0) is 16.1 Å². The van der Waals surface area contributed by atoms with Gasteiger partial charge in [-0.25, -0.2) is 0 Å². The molecule has 172 valence electrons. The molecule has 1 fully saturated rings. The Morgan fingerprint density at radius 3 is 2.84 bits per heavy atom. The predicted molar refractivity (Wildman–Crippen MR) is 124 cm³/mol. The van der Waals surface area contributed by atoms with Gasteiger partial charge in [-0.05, 0) is 43.7 Å².